The van der Waals surface area contributed by atoms with Gasteiger partial charge in [-0.05, 0) is 58.0 Å². The van der Waals surface area contributed by atoms with Crippen LogP contribution < -0.4 is 15.1 Å². The first kappa shape index (κ1) is 27.6. The fraction of sp³-hybridized carbons (Fsp3) is 0.577. The lowest BCUT2D eigenvalue weighted by molar-refractivity contribution is -0.119. The Bertz CT molecular complexity index is 949. The number of carbonyl (C=O) groups excluding carboxylic acids is 1. The smallest absolute Gasteiger partial charge is 0.230 e. The van der Waals surface area contributed by atoms with Crippen molar-refractivity contribution in [3.05, 3.63) is 41.0 Å². The quantitative estimate of drug-likeness (QED) is 0.252. The van der Waals surface area contributed by atoms with Gasteiger partial charge in [0.15, 0.2) is 5.16 Å². The summed E-state index contributed by atoms with van der Waals surface area (Å²) >= 11 is 7.65. The zero-order valence-corrected chi connectivity index (χ0v) is 23.0. The molecule has 0 spiro atoms. The Morgan fingerprint density at radius 1 is 1.14 bits per heavy atom. The van der Waals surface area contributed by atoms with Crippen LogP contribution in [0.4, 0.5) is 11.5 Å². The molecule has 2 aromatic rings. The van der Waals surface area contributed by atoms with Crippen LogP contribution in [0.3, 0.4) is 0 Å². The standard InChI is InChI=1S/C26H39ClN6OS/c1-5-31(6-2)13-9-11-21(4)28-25(34)19-35-26-29-23(27)18-24(30-26)33-16-14-32(15-17-33)22-12-8-7-10-20(22)3/h7-8,10,12,18,21H,5-6,9,11,13-17,19H2,1-4H3,(H,28,34). The molecule has 0 radical (unpaired) electrons. The maximum Gasteiger partial charge on any atom is 0.230 e. The van der Waals surface area contributed by atoms with E-state index in [0.29, 0.717) is 10.3 Å². The van der Waals surface area contributed by atoms with Gasteiger partial charge in [0.05, 0.1) is 5.75 Å². The number of amides is 1. The van der Waals surface area contributed by atoms with Gasteiger partial charge in [0.2, 0.25) is 5.91 Å². The van der Waals surface area contributed by atoms with Crippen molar-refractivity contribution < 1.29 is 4.79 Å². The SMILES string of the molecule is CCN(CC)CCCC(C)NC(=O)CSc1nc(Cl)cc(N2CCN(c3ccccc3C)CC2)n1. The highest BCUT2D eigenvalue weighted by Crippen LogP contribution is 2.25. The number of thioether (sulfide) groups is 1. The lowest BCUT2D eigenvalue weighted by atomic mass is 10.1. The zero-order valence-electron chi connectivity index (χ0n) is 21.5. The third-order valence-electron chi connectivity index (χ3n) is 6.47. The fourth-order valence-electron chi connectivity index (χ4n) is 4.39. The van der Waals surface area contributed by atoms with Crippen molar-refractivity contribution in [1.82, 2.24) is 20.2 Å². The molecular weight excluding hydrogens is 480 g/mol. The van der Waals surface area contributed by atoms with Gasteiger partial charge >= 0.3 is 0 Å². The summed E-state index contributed by atoms with van der Waals surface area (Å²) in [4.78, 5) is 28.6. The predicted octanol–water partition coefficient (Wildman–Crippen LogP) is 4.48. The molecule has 1 fully saturated rings. The van der Waals surface area contributed by atoms with E-state index >= 15 is 0 Å². The van der Waals surface area contributed by atoms with Crippen LogP contribution >= 0.6 is 23.4 Å². The van der Waals surface area contributed by atoms with E-state index in [1.54, 1.807) is 0 Å². The molecule has 9 heteroatoms. The molecule has 3 rings (SSSR count). The van der Waals surface area contributed by atoms with E-state index < -0.39 is 0 Å². The molecule has 192 valence electrons. The van der Waals surface area contributed by atoms with Crippen molar-refractivity contribution in [1.29, 1.82) is 0 Å². The molecule has 35 heavy (non-hydrogen) atoms. The number of carbonyl (C=O) groups is 1. The molecule has 1 amide bonds. The summed E-state index contributed by atoms with van der Waals surface area (Å²) in [5.74, 6) is 1.10. The Hall–Kier alpha value is -2.03. The van der Waals surface area contributed by atoms with Gasteiger partial charge < -0.3 is 20.0 Å². The van der Waals surface area contributed by atoms with Gasteiger partial charge in [-0.2, -0.15) is 0 Å². The molecular formula is C26H39ClN6OS. The molecule has 1 aromatic carbocycles. The third-order valence-corrected chi connectivity index (χ3v) is 7.51. The number of halogens is 1. The van der Waals surface area contributed by atoms with Gasteiger partial charge in [0.25, 0.3) is 0 Å². The zero-order chi connectivity index (χ0) is 25.2. The van der Waals surface area contributed by atoms with Gasteiger partial charge in [-0.1, -0.05) is 55.4 Å². The van der Waals surface area contributed by atoms with E-state index in [2.05, 4.69) is 77.0 Å². The summed E-state index contributed by atoms with van der Waals surface area (Å²) in [6, 6.07) is 10.5. The number of aryl methyl sites for hydroxylation is 1. The van der Waals surface area contributed by atoms with Crippen molar-refractivity contribution in [2.75, 3.05) is 61.4 Å². The number of benzene rings is 1. The third kappa shape index (κ3) is 8.54. The minimum absolute atomic E-state index is 0.00214. The van der Waals surface area contributed by atoms with Gasteiger partial charge in [-0.25, -0.2) is 9.97 Å². The molecule has 2 heterocycles. The molecule has 7 nitrogen and oxygen atoms in total. The molecule has 1 saturated heterocycles. The highest BCUT2D eigenvalue weighted by molar-refractivity contribution is 7.99. The minimum atomic E-state index is 0.00214. The summed E-state index contributed by atoms with van der Waals surface area (Å²) in [6.07, 6.45) is 2.05. The van der Waals surface area contributed by atoms with Gasteiger partial charge in [-0.3, -0.25) is 4.79 Å². The van der Waals surface area contributed by atoms with E-state index in [0.717, 1.165) is 64.5 Å². The Labute approximate surface area is 219 Å². The number of hydrogen-bond acceptors (Lipinski definition) is 7. The van der Waals surface area contributed by atoms with Crippen LogP contribution in [0.15, 0.2) is 35.5 Å². The summed E-state index contributed by atoms with van der Waals surface area (Å²) < 4.78 is 0. The van der Waals surface area contributed by atoms with Crippen molar-refractivity contribution in [3.8, 4) is 0 Å². The number of aromatic nitrogens is 2. The number of nitrogens with one attached hydrogen (secondary N) is 1. The van der Waals surface area contributed by atoms with Crippen LogP contribution in [0.5, 0.6) is 0 Å². The second-order valence-electron chi connectivity index (χ2n) is 9.02. The lowest BCUT2D eigenvalue weighted by Crippen LogP contribution is -2.47. The van der Waals surface area contributed by atoms with Gasteiger partial charge in [0, 0.05) is 44.0 Å². The second-order valence-corrected chi connectivity index (χ2v) is 10.3. The predicted molar refractivity (Wildman–Crippen MR) is 148 cm³/mol. The van der Waals surface area contributed by atoms with Crippen LogP contribution in [0.1, 0.15) is 39.2 Å². The topological polar surface area (TPSA) is 64.6 Å². The average molecular weight is 519 g/mol. The van der Waals surface area contributed by atoms with Crippen molar-refractivity contribution in [2.24, 2.45) is 0 Å². The van der Waals surface area contributed by atoms with Crippen LogP contribution in [-0.4, -0.2) is 78.4 Å². The molecule has 1 aromatic heterocycles. The Kier molecular flexibility index (Phi) is 10.9. The molecule has 1 unspecified atom stereocenters. The van der Waals surface area contributed by atoms with Crippen LogP contribution in [0, 0.1) is 6.92 Å². The lowest BCUT2D eigenvalue weighted by Gasteiger charge is -2.37. The Morgan fingerprint density at radius 2 is 1.83 bits per heavy atom. The summed E-state index contributed by atoms with van der Waals surface area (Å²) in [7, 11) is 0. The molecule has 0 saturated carbocycles. The highest BCUT2D eigenvalue weighted by Gasteiger charge is 2.21. The maximum atomic E-state index is 12.5. The van der Waals surface area contributed by atoms with Crippen LogP contribution in [-0.2, 0) is 4.79 Å². The van der Waals surface area contributed by atoms with Crippen molar-refractivity contribution in [3.63, 3.8) is 0 Å². The molecule has 0 aliphatic carbocycles. The average Bonchev–Trinajstić information content (AvgIpc) is 2.85. The Balaban J connectivity index is 1.47. The molecule has 1 aliphatic rings. The second kappa shape index (κ2) is 13.9. The van der Waals surface area contributed by atoms with E-state index in [4.69, 9.17) is 16.6 Å². The maximum absolute atomic E-state index is 12.5. The summed E-state index contributed by atoms with van der Waals surface area (Å²) in [6.45, 7) is 15.3. The molecule has 1 atom stereocenters. The molecule has 0 bridgehead atoms. The van der Waals surface area contributed by atoms with E-state index in [9.17, 15) is 4.79 Å². The fourth-order valence-corrected chi connectivity index (χ4v) is 5.28. The van der Waals surface area contributed by atoms with Gasteiger partial charge in [0.1, 0.15) is 11.0 Å². The summed E-state index contributed by atoms with van der Waals surface area (Å²) in [5, 5.41) is 4.04. The first-order chi connectivity index (χ1) is 16.9. The van der Waals surface area contributed by atoms with Crippen LogP contribution in [0.2, 0.25) is 5.15 Å². The van der Waals surface area contributed by atoms with Gasteiger partial charge in [-0.15, -0.1) is 0 Å². The van der Waals surface area contributed by atoms with Crippen LogP contribution in [0.25, 0.3) is 0 Å². The van der Waals surface area contributed by atoms with E-state index in [-0.39, 0.29) is 17.7 Å². The Morgan fingerprint density at radius 3 is 2.51 bits per heavy atom. The summed E-state index contributed by atoms with van der Waals surface area (Å²) in [5.41, 5.74) is 2.58. The van der Waals surface area contributed by atoms with E-state index in [1.165, 1.54) is 23.0 Å². The number of para-hydroxylation sites is 1. The number of nitrogens with zero attached hydrogens (tertiary/aromatic N) is 5. The van der Waals surface area contributed by atoms with Crippen molar-refractivity contribution >= 4 is 40.8 Å². The molecule has 1 N–H and O–H groups in total. The first-order valence-electron chi connectivity index (χ1n) is 12.6. The number of anilines is 2. The molecule has 1 aliphatic heterocycles. The normalized spacial score (nSPS) is 14.9. The van der Waals surface area contributed by atoms with Crippen molar-refractivity contribution in [2.45, 2.75) is 51.7 Å². The number of rotatable bonds is 12. The minimum Gasteiger partial charge on any atom is -0.368 e. The number of piperazine rings is 1. The highest BCUT2D eigenvalue weighted by atomic mass is 35.5. The van der Waals surface area contributed by atoms with E-state index in [1.807, 2.05) is 6.07 Å². The largest absolute Gasteiger partial charge is 0.368 e. The monoisotopic (exact) mass is 518 g/mol. The first-order valence-corrected chi connectivity index (χ1v) is 14.0. The number of hydrogen-bond donors (Lipinski definition) is 1.